The first kappa shape index (κ1) is 14.7. The van der Waals surface area contributed by atoms with E-state index < -0.39 is 6.10 Å². The maximum Gasteiger partial charge on any atom is 0.162 e. The second-order valence-electron chi connectivity index (χ2n) is 4.31. The van der Waals surface area contributed by atoms with Crippen molar-refractivity contribution in [1.29, 1.82) is 0 Å². The maximum atomic E-state index is 11.5. The molecule has 1 atom stereocenters. The van der Waals surface area contributed by atoms with Gasteiger partial charge in [0.15, 0.2) is 5.78 Å². The minimum atomic E-state index is -0.517. The number of rotatable bonds is 7. The molecule has 1 N–H and O–H groups in total. The summed E-state index contributed by atoms with van der Waals surface area (Å²) in [4.78, 5) is 13.4. The summed E-state index contributed by atoms with van der Waals surface area (Å²) in [5, 5.41) is 9.64. The van der Waals surface area contributed by atoms with Gasteiger partial charge in [-0.3, -0.25) is 4.79 Å². The van der Waals surface area contributed by atoms with E-state index in [2.05, 4.69) is 0 Å². The van der Waals surface area contributed by atoms with Crippen molar-refractivity contribution in [1.82, 2.24) is 0 Å². The lowest BCUT2D eigenvalue weighted by molar-refractivity contribution is 0.0695. The highest BCUT2D eigenvalue weighted by atomic mass is 16.5. The Morgan fingerprint density at radius 3 is 2.50 bits per heavy atom. The zero-order valence-electron chi connectivity index (χ0n) is 11.2. The molecule has 0 aliphatic rings. The van der Waals surface area contributed by atoms with Crippen molar-refractivity contribution >= 4 is 11.5 Å². The van der Waals surface area contributed by atoms with E-state index in [1.54, 1.807) is 7.11 Å². The highest BCUT2D eigenvalue weighted by Gasteiger charge is 2.09. The van der Waals surface area contributed by atoms with Gasteiger partial charge in [0.25, 0.3) is 0 Å². The van der Waals surface area contributed by atoms with Crippen LogP contribution in [0.25, 0.3) is 0 Å². The van der Waals surface area contributed by atoms with E-state index in [1.807, 2.05) is 43.1 Å². The number of nitrogens with zero attached hydrogens (tertiary/aromatic N) is 1. The number of hydrogen-bond donors (Lipinski definition) is 1. The molecule has 0 spiro atoms. The van der Waals surface area contributed by atoms with Crippen LogP contribution in [0.2, 0.25) is 0 Å². The predicted octanol–water partition coefficient (Wildman–Crippen LogP) is 1.72. The Kier molecular flexibility index (Phi) is 5.82. The van der Waals surface area contributed by atoms with Gasteiger partial charge in [0, 0.05) is 38.4 Å². The third-order valence-corrected chi connectivity index (χ3v) is 2.79. The maximum absolute atomic E-state index is 11.5. The van der Waals surface area contributed by atoms with Gasteiger partial charge in [0.2, 0.25) is 0 Å². The fourth-order valence-corrected chi connectivity index (χ4v) is 1.77. The first-order chi connectivity index (χ1) is 8.58. The number of hydrogen-bond acceptors (Lipinski definition) is 4. The van der Waals surface area contributed by atoms with Gasteiger partial charge in [-0.25, -0.2) is 0 Å². The van der Waals surface area contributed by atoms with Crippen LogP contribution >= 0.6 is 0 Å². The van der Waals surface area contributed by atoms with E-state index in [0.29, 0.717) is 19.6 Å². The van der Waals surface area contributed by atoms with Crippen molar-refractivity contribution in [3.63, 3.8) is 0 Å². The summed E-state index contributed by atoms with van der Waals surface area (Å²) < 4.78 is 4.88. The molecule has 4 nitrogen and oxygen atoms in total. The minimum absolute atomic E-state index is 0.142. The Morgan fingerprint density at radius 2 is 2.00 bits per heavy atom. The third-order valence-electron chi connectivity index (χ3n) is 2.79. The Balaban J connectivity index is 2.64. The monoisotopic (exact) mass is 251 g/mol. The van der Waals surface area contributed by atoms with Crippen LogP contribution in [0.5, 0.6) is 0 Å². The average molecular weight is 251 g/mol. The smallest absolute Gasteiger partial charge is 0.162 e. The normalized spacial score (nSPS) is 12.2. The predicted molar refractivity (Wildman–Crippen MR) is 72.2 cm³/mol. The topological polar surface area (TPSA) is 49.8 Å². The molecule has 1 rings (SSSR count). The number of carbonyl (C=O) groups is 1. The molecule has 1 aromatic rings. The Labute approximate surface area is 108 Å². The lowest BCUT2D eigenvalue weighted by Gasteiger charge is -2.22. The van der Waals surface area contributed by atoms with Crippen LogP contribution in [0.4, 0.5) is 5.69 Å². The molecule has 0 heterocycles. The van der Waals surface area contributed by atoms with Crippen LogP contribution < -0.4 is 4.90 Å². The molecule has 0 fully saturated rings. The van der Waals surface area contributed by atoms with E-state index >= 15 is 0 Å². The molecule has 4 heteroatoms. The number of aliphatic hydroxyl groups is 1. The summed E-state index contributed by atoms with van der Waals surface area (Å²) in [6.45, 7) is 2.66. The van der Waals surface area contributed by atoms with E-state index in [4.69, 9.17) is 4.74 Å². The summed E-state index contributed by atoms with van der Waals surface area (Å²) >= 11 is 0. The number of ketones is 1. The zero-order chi connectivity index (χ0) is 13.5. The van der Waals surface area contributed by atoms with Crippen LogP contribution in [0.3, 0.4) is 0 Å². The van der Waals surface area contributed by atoms with Crippen LogP contribution in [0, 0.1) is 0 Å². The summed E-state index contributed by atoms with van der Waals surface area (Å²) in [6, 6.07) is 7.42. The highest BCUT2D eigenvalue weighted by molar-refractivity contribution is 5.96. The van der Waals surface area contributed by atoms with E-state index in [1.165, 1.54) is 0 Å². The molecule has 0 amide bonds. The van der Waals surface area contributed by atoms with Crippen LogP contribution in [-0.4, -0.2) is 44.3 Å². The number of aliphatic hydroxyl groups excluding tert-OH is 1. The Bertz CT molecular complexity index is 375. The van der Waals surface area contributed by atoms with Gasteiger partial charge in [0.05, 0.1) is 12.7 Å². The molecule has 100 valence electrons. The molecule has 0 bridgehead atoms. The minimum Gasteiger partial charge on any atom is -0.389 e. The van der Waals surface area contributed by atoms with Gasteiger partial charge >= 0.3 is 0 Å². The summed E-state index contributed by atoms with van der Waals surface area (Å²) in [6.07, 6.45) is -0.00110. The van der Waals surface area contributed by atoms with Gasteiger partial charge in [-0.05, 0) is 24.3 Å². The van der Waals surface area contributed by atoms with Crippen LogP contribution in [0.1, 0.15) is 23.7 Å². The molecule has 0 aliphatic carbocycles. The first-order valence-electron chi connectivity index (χ1n) is 6.09. The van der Waals surface area contributed by atoms with Crippen LogP contribution in [-0.2, 0) is 4.74 Å². The molecule has 0 saturated carbocycles. The van der Waals surface area contributed by atoms with Crippen LogP contribution in [0.15, 0.2) is 24.3 Å². The number of anilines is 1. The Morgan fingerprint density at radius 1 is 1.39 bits per heavy atom. The van der Waals surface area contributed by atoms with Gasteiger partial charge in [0.1, 0.15) is 0 Å². The molecular formula is C14H21NO3. The lowest BCUT2D eigenvalue weighted by atomic mass is 10.1. The molecule has 0 aliphatic heterocycles. The Hall–Kier alpha value is -1.39. The summed E-state index contributed by atoms with van der Waals surface area (Å²) in [5.41, 5.74) is 1.70. The SMILES string of the molecule is CCC(=O)c1ccc(N(C)CC(O)COC)cc1. The largest absolute Gasteiger partial charge is 0.389 e. The summed E-state index contributed by atoms with van der Waals surface area (Å²) in [5.74, 6) is 0.142. The van der Waals surface area contributed by atoms with Crippen molar-refractivity contribution in [2.24, 2.45) is 0 Å². The number of Topliss-reactive ketones (excluding diaryl/α,β-unsaturated/α-hetero) is 1. The molecule has 1 aromatic carbocycles. The van der Waals surface area contributed by atoms with E-state index in [0.717, 1.165) is 11.3 Å². The number of ether oxygens (including phenoxy) is 1. The second-order valence-corrected chi connectivity index (χ2v) is 4.31. The standard InChI is InChI=1S/C14H21NO3/c1-4-14(17)11-5-7-12(8-6-11)15(2)9-13(16)10-18-3/h5-8,13,16H,4,9-10H2,1-3H3. The quantitative estimate of drug-likeness (QED) is 0.750. The number of carbonyl (C=O) groups excluding carboxylic acids is 1. The molecule has 18 heavy (non-hydrogen) atoms. The molecular weight excluding hydrogens is 230 g/mol. The van der Waals surface area contributed by atoms with Crippen molar-refractivity contribution in [2.45, 2.75) is 19.4 Å². The van der Waals surface area contributed by atoms with Gasteiger partial charge in [-0.1, -0.05) is 6.92 Å². The average Bonchev–Trinajstić information content (AvgIpc) is 2.38. The fourth-order valence-electron chi connectivity index (χ4n) is 1.77. The fraction of sp³-hybridized carbons (Fsp3) is 0.500. The van der Waals surface area contributed by atoms with E-state index in [-0.39, 0.29) is 5.78 Å². The molecule has 0 saturated heterocycles. The first-order valence-corrected chi connectivity index (χ1v) is 6.09. The lowest BCUT2D eigenvalue weighted by Crippen LogP contribution is -2.31. The van der Waals surface area contributed by atoms with Crippen molar-refractivity contribution < 1.29 is 14.6 Å². The van der Waals surface area contributed by atoms with Gasteiger partial charge in [-0.2, -0.15) is 0 Å². The third kappa shape index (κ3) is 4.13. The van der Waals surface area contributed by atoms with E-state index in [9.17, 15) is 9.90 Å². The van der Waals surface area contributed by atoms with Crippen molar-refractivity contribution in [2.75, 3.05) is 32.2 Å². The number of benzene rings is 1. The van der Waals surface area contributed by atoms with Gasteiger partial charge < -0.3 is 14.7 Å². The summed E-state index contributed by atoms with van der Waals surface area (Å²) in [7, 11) is 3.46. The number of methoxy groups -OCH3 is 1. The highest BCUT2D eigenvalue weighted by Crippen LogP contribution is 2.15. The zero-order valence-corrected chi connectivity index (χ0v) is 11.2. The number of likely N-dealkylation sites (N-methyl/N-ethyl adjacent to an activating group) is 1. The van der Waals surface area contributed by atoms with Crippen molar-refractivity contribution in [3.05, 3.63) is 29.8 Å². The molecule has 0 aromatic heterocycles. The molecule has 1 unspecified atom stereocenters. The molecule has 0 radical (unpaired) electrons. The second kappa shape index (κ2) is 7.13. The van der Waals surface area contributed by atoms with Gasteiger partial charge in [-0.15, -0.1) is 0 Å². The van der Waals surface area contributed by atoms with Crippen molar-refractivity contribution in [3.8, 4) is 0 Å².